The van der Waals surface area contributed by atoms with Crippen LogP contribution in [0.3, 0.4) is 0 Å². The molecule has 0 atom stereocenters. The van der Waals surface area contributed by atoms with Gasteiger partial charge in [-0.3, -0.25) is 4.98 Å². The van der Waals surface area contributed by atoms with Crippen molar-refractivity contribution in [1.29, 1.82) is 0 Å². The molecular formula is C19H14F2N4. The molecule has 1 aromatic carbocycles. The van der Waals surface area contributed by atoms with Crippen LogP contribution in [0.4, 0.5) is 8.78 Å². The van der Waals surface area contributed by atoms with Gasteiger partial charge < -0.3 is 5.73 Å². The number of nitrogens with two attached hydrogens (primary N) is 1. The Morgan fingerprint density at radius 2 is 1.80 bits per heavy atom. The molecule has 0 aliphatic carbocycles. The van der Waals surface area contributed by atoms with E-state index in [0.29, 0.717) is 12.2 Å². The second-order valence-corrected chi connectivity index (χ2v) is 5.65. The van der Waals surface area contributed by atoms with E-state index in [0.717, 1.165) is 28.3 Å². The lowest BCUT2D eigenvalue weighted by Crippen LogP contribution is -1.98. The van der Waals surface area contributed by atoms with E-state index in [2.05, 4.69) is 10.1 Å². The maximum Gasteiger partial charge on any atom is 0.135 e. The molecule has 3 aromatic heterocycles. The minimum atomic E-state index is -0.655. The molecular weight excluding hydrogens is 322 g/mol. The average Bonchev–Trinajstić information content (AvgIpc) is 3.00. The molecule has 0 saturated carbocycles. The SMILES string of the molecule is NCc1ccc2c(-c3ccncc3)c(-c3ccc(F)cc3F)nn2c1. The molecule has 124 valence electrons. The number of nitrogens with zero attached hydrogens (tertiary/aromatic N) is 3. The maximum absolute atomic E-state index is 14.4. The summed E-state index contributed by atoms with van der Waals surface area (Å²) in [5.74, 6) is -1.28. The molecule has 4 rings (SSSR count). The van der Waals surface area contributed by atoms with Gasteiger partial charge in [0, 0.05) is 42.3 Å². The van der Waals surface area contributed by atoms with Gasteiger partial charge in [-0.2, -0.15) is 5.10 Å². The first-order valence-corrected chi connectivity index (χ1v) is 7.74. The van der Waals surface area contributed by atoms with Gasteiger partial charge in [0.05, 0.1) is 5.52 Å². The Kier molecular flexibility index (Phi) is 3.74. The largest absolute Gasteiger partial charge is 0.326 e. The fraction of sp³-hybridized carbons (Fsp3) is 0.0526. The summed E-state index contributed by atoms with van der Waals surface area (Å²) in [4.78, 5) is 4.03. The number of rotatable bonds is 3. The molecule has 6 heteroatoms. The minimum absolute atomic E-state index is 0.242. The van der Waals surface area contributed by atoms with Crippen LogP contribution in [0.25, 0.3) is 27.9 Å². The van der Waals surface area contributed by atoms with Gasteiger partial charge in [0.1, 0.15) is 17.3 Å². The molecule has 0 aliphatic heterocycles. The number of benzene rings is 1. The third kappa shape index (κ3) is 2.66. The first-order valence-electron chi connectivity index (χ1n) is 7.74. The summed E-state index contributed by atoms with van der Waals surface area (Å²) in [5.41, 5.74) is 9.71. The molecule has 0 spiro atoms. The Labute approximate surface area is 142 Å². The van der Waals surface area contributed by atoms with Crippen molar-refractivity contribution in [2.45, 2.75) is 6.54 Å². The Balaban J connectivity index is 2.05. The third-order valence-corrected chi connectivity index (χ3v) is 4.08. The van der Waals surface area contributed by atoms with Crippen molar-refractivity contribution in [3.05, 3.63) is 78.3 Å². The lowest BCUT2D eigenvalue weighted by atomic mass is 10.00. The summed E-state index contributed by atoms with van der Waals surface area (Å²) in [6, 6.07) is 11.0. The van der Waals surface area contributed by atoms with E-state index in [1.807, 2.05) is 30.5 Å². The molecule has 0 fully saturated rings. The Morgan fingerprint density at radius 3 is 2.52 bits per heavy atom. The zero-order valence-corrected chi connectivity index (χ0v) is 13.2. The summed E-state index contributed by atoms with van der Waals surface area (Å²) in [6.45, 7) is 0.376. The van der Waals surface area contributed by atoms with E-state index in [-0.39, 0.29) is 5.56 Å². The minimum Gasteiger partial charge on any atom is -0.326 e. The van der Waals surface area contributed by atoms with Gasteiger partial charge in [-0.15, -0.1) is 0 Å². The predicted molar refractivity (Wildman–Crippen MR) is 91.7 cm³/mol. The molecule has 25 heavy (non-hydrogen) atoms. The lowest BCUT2D eigenvalue weighted by molar-refractivity contribution is 0.585. The van der Waals surface area contributed by atoms with Crippen molar-refractivity contribution in [3.63, 3.8) is 0 Å². The number of fused-ring (bicyclic) bond motifs is 1. The normalized spacial score (nSPS) is 11.2. The van der Waals surface area contributed by atoms with Crippen LogP contribution < -0.4 is 5.73 Å². The lowest BCUT2D eigenvalue weighted by Gasteiger charge is -2.05. The van der Waals surface area contributed by atoms with Crippen molar-refractivity contribution in [1.82, 2.24) is 14.6 Å². The zero-order chi connectivity index (χ0) is 17.4. The highest BCUT2D eigenvalue weighted by molar-refractivity contribution is 5.92. The van der Waals surface area contributed by atoms with E-state index < -0.39 is 11.6 Å². The van der Waals surface area contributed by atoms with Crippen LogP contribution in [0, 0.1) is 11.6 Å². The molecule has 4 nitrogen and oxygen atoms in total. The number of hydrogen-bond acceptors (Lipinski definition) is 3. The molecule has 3 heterocycles. The average molecular weight is 336 g/mol. The molecule has 0 aliphatic rings. The topological polar surface area (TPSA) is 56.2 Å². The van der Waals surface area contributed by atoms with Crippen molar-refractivity contribution in [3.8, 4) is 22.4 Å². The summed E-state index contributed by atoms with van der Waals surface area (Å²) in [7, 11) is 0. The molecule has 0 bridgehead atoms. The summed E-state index contributed by atoms with van der Waals surface area (Å²) < 4.78 is 29.4. The van der Waals surface area contributed by atoms with Crippen LogP contribution in [-0.2, 0) is 6.54 Å². The Hall–Kier alpha value is -3.12. The van der Waals surface area contributed by atoms with Gasteiger partial charge in [-0.1, -0.05) is 6.07 Å². The first-order chi connectivity index (χ1) is 12.2. The molecule has 2 N–H and O–H groups in total. The Bertz CT molecular complexity index is 1060. The van der Waals surface area contributed by atoms with Crippen LogP contribution in [-0.4, -0.2) is 14.6 Å². The van der Waals surface area contributed by atoms with Crippen LogP contribution in [0.2, 0.25) is 0 Å². The van der Waals surface area contributed by atoms with Crippen molar-refractivity contribution < 1.29 is 8.78 Å². The molecule has 4 aromatic rings. The van der Waals surface area contributed by atoms with E-state index >= 15 is 0 Å². The highest BCUT2D eigenvalue weighted by Crippen LogP contribution is 2.36. The summed E-state index contributed by atoms with van der Waals surface area (Å²) in [5, 5.41) is 4.54. The van der Waals surface area contributed by atoms with Gasteiger partial charge in [0.25, 0.3) is 0 Å². The molecule has 0 saturated heterocycles. The highest BCUT2D eigenvalue weighted by atomic mass is 19.1. The van der Waals surface area contributed by atoms with Crippen molar-refractivity contribution in [2.75, 3.05) is 0 Å². The van der Waals surface area contributed by atoms with Gasteiger partial charge in [0.15, 0.2) is 0 Å². The van der Waals surface area contributed by atoms with E-state index in [9.17, 15) is 8.78 Å². The van der Waals surface area contributed by atoms with E-state index in [1.165, 1.54) is 12.1 Å². The van der Waals surface area contributed by atoms with Gasteiger partial charge >= 0.3 is 0 Å². The second-order valence-electron chi connectivity index (χ2n) is 5.65. The highest BCUT2D eigenvalue weighted by Gasteiger charge is 2.19. The van der Waals surface area contributed by atoms with E-state index in [4.69, 9.17) is 5.73 Å². The van der Waals surface area contributed by atoms with Gasteiger partial charge in [-0.25, -0.2) is 13.3 Å². The number of aromatic nitrogens is 3. The monoisotopic (exact) mass is 336 g/mol. The smallest absolute Gasteiger partial charge is 0.135 e. The standard InChI is InChI=1S/C19H14F2N4/c20-14-2-3-15(16(21)9-14)19-18(13-5-7-23-8-6-13)17-4-1-12(10-22)11-25(17)24-19/h1-9,11H,10,22H2. The third-order valence-electron chi connectivity index (χ3n) is 4.08. The number of hydrogen-bond donors (Lipinski definition) is 1. The zero-order valence-electron chi connectivity index (χ0n) is 13.2. The quantitative estimate of drug-likeness (QED) is 0.619. The first kappa shape index (κ1) is 15.4. The molecule has 0 unspecified atom stereocenters. The van der Waals surface area contributed by atoms with E-state index in [1.54, 1.807) is 16.9 Å². The van der Waals surface area contributed by atoms with Gasteiger partial charge in [-0.05, 0) is 41.5 Å². The predicted octanol–water partition coefficient (Wildman–Crippen LogP) is 3.80. The van der Waals surface area contributed by atoms with Crippen LogP contribution in [0.1, 0.15) is 5.56 Å². The number of pyridine rings is 2. The van der Waals surface area contributed by atoms with Crippen molar-refractivity contribution >= 4 is 5.52 Å². The fourth-order valence-corrected chi connectivity index (χ4v) is 2.89. The Morgan fingerprint density at radius 1 is 1.00 bits per heavy atom. The summed E-state index contributed by atoms with van der Waals surface area (Å²) >= 11 is 0. The molecule has 0 radical (unpaired) electrons. The van der Waals surface area contributed by atoms with Gasteiger partial charge in [0.2, 0.25) is 0 Å². The van der Waals surface area contributed by atoms with Crippen molar-refractivity contribution in [2.24, 2.45) is 5.73 Å². The molecule has 0 amide bonds. The summed E-state index contributed by atoms with van der Waals surface area (Å²) in [6.07, 6.45) is 5.14. The van der Waals surface area contributed by atoms with Crippen LogP contribution in [0.15, 0.2) is 61.1 Å². The van der Waals surface area contributed by atoms with Crippen LogP contribution in [0.5, 0.6) is 0 Å². The van der Waals surface area contributed by atoms with Crippen LogP contribution >= 0.6 is 0 Å². The maximum atomic E-state index is 14.4. The number of halogens is 2. The fourth-order valence-electron chi connectivity index (χ4n) is 2.89. The second kappa shape index (κ2) is 6.07.